The van der Waals surface area contributed by atoms with E-state index in [-0.39, 0.29) is 16.7 Å². The molecule has 254 valence electrons. The highest BCUT2D eigenvalue weighted by Crippen LogP contribution is 2.33. The van der Waals surface area contributed by atoms with Crippen molar-refractivity contribution in [2.75, 3.05) is 25.4 Å². The molecule has 3 aromatic rings. The van der Waals surface area contributed by atoms with Gasteiger partial charge in [-0.1, -0.05) is 5.16 Å². The molecule has 0 spiro atoms. The lowest BCUT2D eigenvalue weighted by atomic mass is 9.84. The first-order valence-electron chi connectivity index (χ1n) is 14.0. The van der Waals surface area contributed by atoms with Crippen molar-refractivity contribution in [1.29, 1.82) is 0 Å². The number of ether oxygens (including phenoxy) is 1. The Morgan fingerprint density at radius 3 is 2.70 bits per heavy atom. The van der Waals surface area contributed by atoms with Gasteiger partial charge >= 0.3 is 5.97 Å². The quantitative estimate of drug-likeness (QED) is 0.0318. The predicted molar refractivity (Wildman–Crippen MR) is 160 cm³/mol. The Morgan fingerprint density at radius 2 is 2.11 bits per heavy atom. The summed E-state index contributed by atoms with van der Waals surface area (Å²) in [5.41, 5.74) is 4.47. The van der Waals surface area contributed by atoms with Crippen LogP contribution in [0.15, 0.2) is 34.9 Å². The molecule has 2 amide bonds. The van der Waals surface area contributed by atoms with E-state index < -0.39 is 64.3 Å². The summed E-state index contributed by atoms with van der Waals surface area (Å²) in [6.45, 7) is 3.97. The Labute approximate surface area is 271 Å². The molecule has 2 aliphatic rings. The summed E-state index contributed by atoms with van der Waals surface area (Å²) in [4.78, 5) is 46.9. The summed E-state index contributed by atoms with van der Waals surface area (Å²) in [6, 6.07) is 3.82. The number of hydroxylamine groups is 2. The highest BCUT2D eigenvalue weighted by atomic mass is 32.3. The molecule has 4 heterocycles. The number of fused-ring (bicyclic) bond motifs is 1. The molecule has 0 unspecified atom stereocenters. The van der Waals surface area contributed by atoms with Crippen LogP contribution in [-0.2, 0) is 47.5 Å². The number of nitrogen functional groups attached to an aromatic ring is 1. The number of thiazole rings is 1. The summed E-state index contributed by atoms with van der Waals surface area (Å²) in [5, 5.41) is 31.7. The molecule has 6 N–H and O–H groups in total. The fraction of sp³-hybridized carbons (Fsp3) is 0.462. The first-order chi connectivity index (χ1) is 22.0. The highest BCUT2D eigenvalue weighted by Gasteiger charge is 2.57. The normalized spacial score (nSPS) is 21.8. The monoisotopic (exact) mass is 696 g/mol. The smallest absolute Gasteiger partial charge is 0.351 e. The molecule has 19 nitrogen and oxygen atoms in total. The van der Waals surface area contributed by atoms with Gasteiger partial charge < -0.3 is 40.7 Å². The first kappa shape index (κ1) is 33.9. The Morgan fingerprint density at radius 1 is 1.36 bits per heavy atom. The number of β-lactam (4-membered cyclic amide) rings is 1. The number of hydrogen-bond donors (Lipinski definition) is 5. The number of nitrogens with zero attached hydrogens (tertiary/aromatic N) is 5. The van der Waals surface area contributed by atoms with Crippen molar-refractivity contribution in [1.82, 2.24) is 25.4 Å². The number of aliphatic carboxylic acids is 1. The molecule has 47 heavy (non-hydrogen) atoms. The van der Waals surface area contributed by atoms with Crippen LogP contribution < -0.4 is 25.8 Å². The number of aryl methyl sites for hydroxylation is 1. The number of nitrogens with two attached hydrogens (primary N) is 1. The maximum absolute atomic E-state index is 13.2. The van der Waals surface area contributed by atoms with E-state index in [1.54, 1.807) is 18.2 Å². The topological polar surface area (TPSA) is 264 Å². The fourth-order valence-electron chi connectivity index (χ4n) is 5.18. The number of β-amino-alcohol motifs (C(OH)–C–C–N with tert-alkyl or cyclic N) is 1. The van der Waals surface area contributed by atoms with Crippen LogP contribution in [0.4, 0.5) is 5.13 Å². The number of aliphatic hydroxyl groups is 1. The Hall–Kier alpha value is -4.41. The van der Waals surface area contributed by atoms with Gasteiger partial charge in [-0.05, 0) is 32.0 Å². The molecule has 0 bridgehead atoms. The Bertz CT molecular complexity index is 1840. The zero-order valence-electron chi connectivity index (χ0n) is 25.2. The molecule has 0 radical (unpaired) electrons. The van der Waals surface area contributed by atoms with Crippen molar-refractivity contribution in [2.45, 2.75) is 44.2 Å². The van der Waals surface area contributed by atoms with Crippen LogP contribution in [0.25, 0.3) is 10.9 Å². The molecule has 1 aromatic carbocycles. The summed E-state index contributed by atoms with van der Waals surface area (Å²) in [7, 11) is -3.39. The molecular weight excluding hydrogens is 664 g/mol. The summed E-state index contributed by atoms with van der Waals surface area (Å²) >= 11 is 0.950. The number of carbonyl (C=O) groups is 3. The van der Waals surface area contributed by atoms with E-state index in [9.17, 15) is 37.6 Å². The first-order valence-corrected chi connectivity index (χ1v) is 16.3. The molecule has 5 rings (SSSR count). The van der Waals surface area contributed by atoms with Crippen LogP contribution in [0.1, 0.15) is 19.5 Å². The van der Waals surface area contributed by atoms with Gasteiger partial charge in [0.05, 0.1) is 30.0 Å². The molecule has 4 atom stereocenters. The van der Waals surface area contributed by atoms with E-state index in [0.29, 0.717) is 30.4 Å². The number of aliphatic hydroxyl groups excluding tert-OH is 1. The van der Waals surface area contributed by atoms with Gasteiger partial charge in [0.15, 0.2) is 17.4 Å². The largest absolute Gasteiger partial charge is 0.724 e. The van der Waals surface area contributed by atoms with Crippen LogP contribution in [-0.4, -0.2) is 105 Å². The summed E-state index contributed by atoms with van der Waals surface area (Å²) in [5.74, 6) is -3.16. The van der Waals surface area contributed by atoms with Gasteiger partial charge in [-0.15, -0.1) is 16.0 Å². The number of aromatic nitrogens is 3. The van der Waals surface area contributed by atoms with Crippen molar-refractivity contribution in [2.24, 2.45) is 18.1 Å². The lowest BCUT2D eigenvalue weighted by Gasteiger charge is -2.51. The third kappa shape index (κ3) is 7.29. The second-order valence-electron chi connectivity index (χ2n) is 11.4. The van der Waals surface area contributed by atoms with E-state index in [2.05, 4.69) is 25.1 Å². The number of carboxylic acid groups (broad SMARTS) is 1. The Balaban J connectivity index is 1.29. The number of carboxylic acids is 1. The van der Waals surface area contributed by atoms with Gasteiger partial charge in [0.25, 0.3) is 17.9 Å². The van der Waals surface area contributed by atoms with Gasteiger partial charge in [-0.25, -0.2) is 18.2 Å². The summed E-state index contributed by atoms with van der Waals surface area (Å²) in [6.07, 6.45) is -0.251. The van der Waals surface area contributed by atoms with E-state index in [4.69, 9.17) is 15.3 Å². The minimum absolute atomic E-state index is 0.0486. The SMILES string of the molecule is Cn1c2ccc(OC[C@H](O/N=C(\C(=O)N[C@@H]3C(=O)N(OS(=O)(=O)[O-])C3(C)C)c3csc(N)n3)C(=O)O)cc2c[n+]1C[C@H]1CNC[C@H]1O. The third-order valence-electron chi connectivity index (χ3n) is 7.79. The number of carbonyl (C=O) groups excluding carboxylic acids is 2. The van der Waals surface area contributed by atoms with Crippen molar-refractivity contribution in [3.63, 3.8) is 0 Å². The minimum atomic E-state index is -5.27. The third-order valence-corrected chi connectivity index (χ3v) is 8.80. The average Bonchev–Trinajstić information content (AvgIpc) is 3.69. The van der Waals surface area contributed by atoms with E-state index in [1.807, 2.05) is 22.6 Å². The van der Waals surface area contributed by atoms with Crippen LogP contribution in [0.2, 0.25) is 0 Å². The zero-order chi connectivity index (χ0) is 34.3. The summed E-state index contributed by atoms with van der Waals surface area (Å²) < 4.78 is 46.8. The molecule has 2 aromatic heterocycles. The van der Waals surface area contributed by atoms with Gasteiger partial charge in [0.1, 0.15) is 29.6 Å². The number of amides is 2. The van der Waals surface area contributed by atoms with Crippen molar-refractivity contribution >= 4 is 61.3 Å². The lowest BCUT2D eigenvalue weighted by molar-refractivity contribution is -0.776. The Kier molecular flexibility index (Phi) is 9.39. The number of rotatable bonds is 13. The second kappa shape index (κ2) is 13.0. The van der Waals surface area contributed by atoms with Crippen molar-refractivity contribution in [3.05, 3.63) is 35.5 Å². The van der Waals surface area contributed by atoms with Gasteiger partial charge in [0, 0.05) is 18.5 Å². The predicted octanol–water partition coefficient (Wildman–Crippen LogP) is -2.16. The fourth-order valence-corrected chi connectivity index (χ4v) is 6.18. The van der Waals surface area contributed by atoms with E-state index in [1.165, 1.54) is 19.2 Å². The van der Waals surface area contributed by atoms with Gasteiger partial charge in [-0.3, -0.25) is 9.59 Å². The standard InChI is InChI=1S/C26H32N8O11S2/c1-26(2)21(23(37)34(26)45-47(40,41)42)30-22(36)20(16-12-46-25(27)29-16)31-44-19(24(38)39)11-43-15-4-5-17-13(6-15)9-33(32(17)3)10-14-7-28-8-18(14)35/h4-6,9,12,14,18-19,21,28,35H,7-8,10-11H2,1-3H3,(H4-,27,29,30,36,38,39,40,41,42)/b31-20-/t14-,18-,19+,21-/m1/s1. The number of benzene rings is 1. The molecule has 0 saturated carbocycles. The van der Waals surface area contributed by atoms with E-state index in [0.717, 1.165) is 22.2 Å². The van der Waals surface area contributed by atoms with Gasteiger partial charge in [0.2, 0.25) is 16.6 Å². The highest BCUT2D eigenvalue weighted by molar-refractivity contribution is 7.80. The maximum Gasteiger partial charge on any atom is 0.351 e. The lowest BCUT2D eigenvalue weighted by Crippen LogP contribution is -2.76. The number of anilines is 1. The van der Waals surface area contributed by atoms with Crippen LogP contribution in [0, 0.1) is 5.92 Å². The minimum Gasteiger partial charge on any atom is -0.724 e. The molecule has 2 saturated heterocycles. The molecular formula is C26H32N8O11S2. The van der Waals surface area contributed by atoms with Crippen molar-refractivity contribution < 1.29 is 56.1 Å². The van der Waals surface area contributed by atoms with Crippen LogP contribution in [0.3, 0.4) is 0 Å². The van der Waals surface area contributed by atoms with Crippen LogP contribution in [0.5, 0.6) is 5.75 Å². The number of oxime groups is 1. The van der Waals surface area contributed by atoms with Crippen LogP contribution >= 0.6 is 11.3 Å². The number of hydrogen-bond acceptors (Lipinski definition) is 15. The maximum atomic E-state index is 13.2. The molecule has 21 heteroatoms. The number of nitrogens with one attached hydrogen (secondary N) is 2. The zero-order valence-corrected chi connectivity index (χ0v) is 26.9. The second-order valence-corrected chi connectivity index (χ2v) is 13.3. The molecule has 2 fully saturated rings. The van der Waals surface area contributed by atoms with Crippen molar-refractivity contribution in [3.8, 4) is 5.75 Å². The van der Waals surface area contributed by atoms with E-state index >= 15 is 0 Å². The average molecular weight is 697 g/mol. The van der Waals surface area contributed by atoms with Gasteiger partial charge in [-0.2, -0.15) is 14.0 Å². The molecule has 0 aliphatic carbocycles. The molecule has 2 aliphatic heterocycles.